The second-order valence-corrected chi connectivity index (χ2v) is 2.89. The quantitative estimate of drug-likeness (QED) is 0.706. The molecule has 0 aliphatic heterocycles. The van der Waals surface area contributed by atoms with Crippen molar-refractivity contribution in [1.29, 1.82) is 0 Å². The molecule has 0 radical (unpaired) electrons. The van der Waals surface area contributed by atoms with E-state index >= 15 is 0 Å². The molecule has 0 saturated carbocycles. The van der Waals surface area contributed by atoms with Crippen molar-refractivity contribution in [3.8, 4) is 5.75 Å². The van der Waals surface area contributed by atoms with E-state index in [1.165, 1.54) is 0 Å². The smallest absolute Gasteiger partial charge is 0.404 e. The first-order valence-corrected chi connectivity index (χ1v) is 4.51. The van der Waals surface area contributed by atoms with E-state index in [2.05, 4.69) is 10.1 Å². The van der Waals surface area contributed by atoms with Crippen molar-refractivity contribution in [3.63, 3.8) is 0 Å². The first-order valence-electron chi connectivity index (χ1n) is 4.51. The van der Waals surface area contributed by atoms with E-state index in [0.717, 1.165) is 11.3 Å². The van der Waals surface area contributed by atoms with Gasteiger partial charge in [-0.05, 0) is 24.7 Å². The summed E-state index contributed by atoms with van der Waals surface area (Å²) in [6.45, 7) is 0.638. The van der Waals surface area contributed by atoms with Crippen molar-refractivity contribution in [1.82, 2.24) is 5.32 Å². The first-order chi connectivity index (χ1) is 7.22. The molecule has 0 bridgehead atoms. The highest BCUT2D eigenvalue weighted by molar-refractivity contribution is 5.64. The van der Waals surface area contributed by atoms with E-state index in [4.69, 9.17) is 10.5 Å². The molecule has 1 aromatic carbocycles. The number of hydrogen-bond acceptors (Lipinski definition) is 4. The lowest BCUT2D eigenvalue weighted by Gasteiger charge is -2.06. The number of nitrogens with two attached hydrogens (primary N) is 1. The fourth-order valence-corrected chi connectivity index (χ4v) is 0.992. The van der Waals surface area contributed by atoms with Crippen LogP contribution < -0.4 is 15.8 Å². The van der Waals surface area contributed by atoms with Gasteiger partial charge in [0.25, 0.3) is 0 Å². The average molecular weight is 210 g/mol. The maximum absolute atomic E-state index is 10.3. The maximum Gasteiger partial charge on any atom is 0.404 e. The Labute approximate surface area is 88.2 Å². The Kier molecular flexibility index (Phi) is 4.43. The topological polar surface area (TPSA) is 73.6 Å². The van der Waals surface area contributed by atoms with Gasteiger partial charge >= 0.3 is 6.09 Å². The van der Waals surface area contributed by atoms with E-state index in [0.29, 0.717) is 6.73 Å². The van der Waals surface area contributed by atoms with Gasteiger partial charge in [0, 0.05) is 0 Å². The van der Waals surface area contributed by atoms with Gasteiger partial charge in [-0.15, -0.1) is 0 Å². The van der Waals surface area contributed by atoms with Crippen molar-refractivity contribution in [3.05, 3.63) is 29.8 Å². The van der Waals surface area contributed by atoms with Gasteiger partial charge in [-0.25, -0.2) is 4.79 Å². The summed E-state index contributed by atoms with van der Waals surface area (Å²) in [6.07, 6.45) is -0.773. The Morgan fingerprint density at radius 3 is 2.60 bits per heavy atom. The second-order valence-electron chi connectivity index (χ2n) is 2.89. The van der Waals surface area contributed by atoms with Crippen LogP contribution in [0.25, 0.3) is 0 Å². The summed E-state index contributed by atoms with van der Waals surface area (Å²) in [6, 6.07) is 7.23. The molecule has 0 heterocycles. The van der Waals surface area contributed by atoms with Crippen LogP contribution in [0, 0.1) is 0 Å². The molecule has 3 N–H and O–H groups in total. The zero-order valence-electron chi connectivity index (χ0n) is 8.53. The van der Waals surface area contributed by atoms with E-state index in [-0.39, 0.29) is 6.61 Å². The summed E-state index contributed by atoms with van der Waals surface area (Å²) in [7, 11) is 1.80. The van der Waals surface area contributed by atoms with Gasteiger partial charge in [-0.1, -0.05) is 12.1 Å². The van der Waals surface area contributed by atoms with Gasteiger partial charge < -0.3 is 15.2 Å². The zero-order valence-corrected chi connectivity index (χ0v) is 8.53. The van der Waals surface area contributed by atoms with Crippen LogP contribution >= 0.6 is 0 Å². The molecule has 0 atom stereocenters. The molecule has 0 fully saturated rings. The molecule has 82 valence electrons. The monoisotopic (exact) mass is 210 g/mol. The molecule has 0 unspecified atom stereocenters. The first kappa shape index (κ1) is 11.3. The molecule has 0 aliphatic rings. The van der Waals surface area contributed by atoms with Crippen LogP contribution in [0.4, 0.5) is 4.79 Å². The van der Waals surface area contributed by atoms with E-state index < -0.39 is 6.09 Å². The molecule has 5 heteroatoms. The predicted octanol–water partition coefficient (Wildman–Crippen LogP) is 0.838. The Morgan fingerprint density at radius 2 is 2.07 bits per heavy atom. The Hall–Kier alpha value is -1.75. The van der Waals surface area contributed by atoms with E-state index in [9.17, 15) is 4.79 Å². The van der Waals surface area contributed by atoms with Gasteiger partial charge in [0.2, 0.25) is 0 Å². The third-order valence-electron chi connectivity index (χ3n) is 1.69. The summed E-state index contributed by atoms with van der Waals surface area (Å²) >= 11 is 0. The van der Waals surface area contributed by atoms with Gasteiger partial charge in [-0.2, -0.15) is 0 Å². The molecular formula is C10H14N2O3. The normalized spacial score (nSPS) is 9.67. The minimum Gasteiger partial charge on any atom is -0.478 e. The van der Waals surface area contributed by atoms with Gasteiger partial charge in [0.05, 0.1) is 0 Å². The van der Waals surface area contributed by atoms with Crippen LogP contribution in [0.1, 0.15) is 5.56 Å². The van der Waals surface area contributed by atoms with Crippen LogP contribution in [-0.4, -0.2) is 19.9 Å². The SMILES string of the molecule is CNCOc1ccc(COC(N)=O)cc1. The van der Waals surface area contributed by atoms with Crippen molar-refractivity contribution in [2.45, 2.75) is 6.61 Å². The number of amides is 1. The fourth-order valence-electron chi connectivity index (χ4n) is 0.992. The van der Waals surface area contributed by atoms with Gasteiger partial charge in [-0.3, -0.25) is 5.32 Å². The molecule has 0 aliphatic carbocycles. The van der Waals surface area contributed by atoms with Crippen molar-refractivity contribution >= 4 is 6.09 Å². The molecule has 0 spiro atoms. The summed E-state index contributed by atoms with van der Waals surface area (Å²) in [4.78, 5) is 10.3. The van der Waals surface area contributed by atoms with Gasteiger partial charge in [0.15, 0.2) is 0 Å². The molecule has 15 heavy (non-hydrogen) atoms. The largest absolute Gasteiger partial charge is 0.478 e. The molecular weight excluding hydrogens is 196 g/mol. The number of carbonyl (C=O) groups is 1. The molecule has 1 amide bonds. The van der Waals surface area contributed by atoms with Crippen LogP contribution in [0.5, 0.6) is 5.75 Å². The van der Waals surface area contributed by atoms with Crippen molar-refractivity contribution in [2.24, 2.45) is 5.73 Å². The average Bonchev–Trinajstić information content (AvgIpc) is 2.25. The zero-order chi connectivity index (χ0) is 11.1. The molecule has 0 aromatic heterocycles. The second kappa shape index (κ2) is 5.87. The molecule has 1 rings (SSSR count). The predicted molar refractivity (Wildman–Crippen MR) is 55.4 cm³/mol. The van der Waals surface area contributed by atoms with Crippen LogP contribution in [-0.2, 0) is 11.3 Å². The minimum absolute atomic E-state index is 0.182. The lowest BCUT2D eigenvalue weighted by atomic mass is 10.2. The summed E-state index contributed by atoms with van der Waals surface area (Å²) in [5.74, 6) is 0.757. The Balaban J connectivity index is 2.45. The molecule has 1 aromatic rings. The summed E-state index contributed by atoms with van der Waals surface area (Å²) < 4.78 is 9.93. The van der Waals surface area contributed by atoms with Crippen molar-refractivity contribution in [2.75, 3.05) is 13.8 Å². The number of carbonyl (C=O) groups excluding carboxylic acids is 1. The Morgan fingerprint density at radius 1 is 1.40 bits per heavy atom. The number of nitrogens with one attached hydrogen (secondary N) is 1. The number of rotatable bonds is 5. The standard InChI is InChI=1S/C10H14N2O3/c1-12-7-15-9-4-2-8(3-5-9)6-14-10(11)13/h2-5,12H,6-7H2,1H3,(H2,11,13). The third-order valence-corrected chi connectivity index (χ3v) is 1.69. The van der Waals surface area contributed by atoms with Crippen LogP contribution in [0.15, 0.2) is 24.3 Å². The maximum atomic E-state index is 10.3. The minimum atomic E-state index is -0.773. The highest BCUT2D eigenvalue weighted by Crippen LogP contribution is 2.12. The van der Waals surface area contributed by atoms with E-state index in [1.807, 2.05) is 12.1 Å². The number of ether oxygens (including phenoxy) is 2. The fraction of sp³-hybridized carbons (Fsp3) is 0.300. The third kappa shape index (κ3) is 4.33. The number of primary amides is 1. The highest BCUT2D eigenvalue weighted by atomic mass is 16.5. The highest BCUT2D eigenvalue weighted by Gasteiger charge is 1.97. The van der Waals surface area contributed by atoms with Crippen LogP contribution in [0.3, 0.4) is 0 Å². The Bertz CT molecular complexity index is 311. The van der Waals surface area contributed by atoms with Crippen LogP contribution in [0.2, 0.25) is 0 Å². The summed E-state index contributed by atoms with van der Waals surface area (Å²) in [5.41, 5.74) is 5.71. The van der Waals surface area contributed by atoms with E-state index in [1.54, 1.807) is 19.2 Å². The van der Waals surface area contributed by atoms with Gasteiger partial charge in [0.1, 0.15) is 19.1 Å². The summed E-state index contributed by atoms with van der Waals surface area (Å²) in [5, 5.41) is 2.86. The lowest BCUT2D eigenvalue weighted by molar-refractivity contribution is 0.150. The molecule has 5 nitrogen and oxygen atoms in total. The molecule has 0 saturated heterocycles. The number of hydrogen-bond donors (Lipinski definition) is 2. The van der Waals surface area contributed by atoms with Crippen molar-refractivity contribution < 1.29 is 14.3 Å². The lowest BCUT2D eigenvalue weighted by Crippen LogP contribution is -2.14. The number of benzene rings is 1.